The number of thiophene rings is 1. The zero-order chi connectivity index (χ0) is 11.5. The third-order valence-electron chi connectivity index (χ3n) is 2.41. The number of anilines is 1. The summed E-state index contributed by atoms with van der Waals surface area (Å²) in [7, 11) is 0. The standard InChI is InChI=1S/C11H12ClN3S/c1-7-3-4-16-9(7)5-13-11-8(2)10(12)14-6-15-11/h3-4,6H,5H2,1-2H3,(H,13,14,15). The predicted molar refractivity (Wildman–Crippen MR) is 68.2 cm³/mol. The highest BCUT2D eigenvalue weighted by Crippen LogP contribution is 2.21. The first-order valence-electron chi connectivity index (χ1n) is 4.92. The van der Waals surface area contributed by atoms with E-state index in [-0.39, 0.29) is 0 Å². The van der Waals surface area contributed by atoms with Crippen LogP contribution in [0.3, 0.4) is 0 Å². The zero-order valence-corrected chi connectivity index (χ0v) is 10.7. The fraction of sp³-hybridized carbons (Fsp3) is 0.273. The number of nitrogens with zero attached hydrogens (tertiary/aromatic N) is 2. The van der Waals surface area contributed by atoms with Gasteiger partial charge in [0.1, 0.15) is 17.3 Å². The van der Waals surface area contributed by atoms with Gasteiger partial charge in [-0.3, -0.25) is 0 Å². The number of aryl methyl sites for hydroxylation is 1. The average molecular weight is 254 g/mol. The molecular formula is C11H12ClN3S. The van der Waals surface area contributed by atoms with E-state index in [0.29, 0.717) is 5.15 Å². The molecule has 2 aromatic rings. The molecule has 16 heavy (non-hydrogen) atoms. The van der Waals surface area contributed by atoms with Crippen LogP contribution in [0.2, 0.25) is 5.15 Å². The molecule has 2 heterocycles. The van der Waals surface area contributed by atoms with Crippen LogP contribution in [0, 0.1) is 13.8 Å². The second kappa shape index (κ2) is 4.80. The SMILES string of the molecule is Cc1ccsc1CNc1ncnc(Cl)c1C. The van der Waals surface area contributed by atoms with Gasteiger partial charge in [0, 0.05) is 10.4 Å². The summed E-state index contributed by atoms with van der Waals surface area (Å²) in [5, 5.41) is 5.86. The van der Waals surface area contributed by atoms with Gasteiger partial charge < -0.3 is 5.32 Å². The van der Waals surface area contributed by atoms with E-state index in [1.807, 2.05) is 6.92 Å². The summed E-state index contributed by atoms with van der Waals surface area (Å²) in [6.45, 7) is 4.79. The van der Waals surface area contributed by atoms with Crippen LogP contribution >= 0.6 is 22.9 Å². The summed E-state index contributed by atoms with van der Waals surface area (Å²) in [4.78, 5) is 9.40. The second-order valence-electron chi connectivity index (χ2n) is 3.52. The van der Waals surface area contributed by atoms with E-state index in [1.54, 1.807) is 11.3 Å². The molecule has 0 fully saturated rings. The Morgan fingerprint density at radius 3 is 2.88 bits per heavy atom. The molecule has 84 valence electrons. The van der Waals surface area contributed by atoms with Crippen molar-refractivity contribution in [1.82, 2.24) is 9.97 Å². The van der Waals surface area contributed by atoms with Gasteiger partial charge in [-0.15, -0.1) is 11.3 Å². The summed E-state index contributed by atoms with van der Waals surface area (Å²) >= 11 is 7.66. The van der Waals surface area contributed by atoms with Crippen LogP contribution < -0.4 is 5.32 Å². The Morgan fingerprint density at radius 1 is 1.38 bits per heavy atom. The van der Waals surface area contributed by atoms with E-state index in [9.17, 15) is 0 Å². The number of nitrogens with one attached hydrogen (secondary N) is 1. The molecule has 0 aliphatic carbocycles. The van der Waals surface area contributed by atoms with E-state index in [2.05, 4.69) is 33.7 Å². The van der Waals surface area contributed by atoms with Crippen molar-refractivity contribution in [1.29, 1.82) is 0 Å². The number of hydrogen-bond donors (Lipinski definition) is 1. The fourth-order valence-corrected chi connectivity index (χ4v) is 2.34. The van der Waals surface area contributed by atoms with Crippen LogP contribution in [-0.4, -0.2) is 9.97 Å². The summed E-state index contributed by atoms with van der Waals surface area (Å²) < 4.78 is 0. The molecule has 0 amide bonds. The molecule has 0 atom stereocenters. The van der Waals surface area contributed by atoms with Gasteiger partial charge in [-0.2, -0.15) is 0 Å². The van der Waals surface area contributed by atoms with Crippen molar-refractivity contribution in [3.05, 3.63) is 38.9 Å². The molecule has 5 heteroatoms. The van der Waals surface area contributed by atoms with Crippen LogP contribution in [-0.2, 0) is 6.54 Å². The minimum Gasteiger partial charge on any atom is -0.365 e. The summed E-state index contributed by atoms with van der Waals surface area (Å²) in [6, 6.07) is 2.11. The zero-order valence-electron chi connectivity index (χ0n) is 9.12. The Bertz CT molecular complexity index is 496. The maximum Gasteiger partial charge on any atom is 0.137 e. The average Bonchev–Trinajstić information content (AvgIpc) is 2.67. The normalized spacial score (nSPS) is 10.4. The summed E-state index contributed by atoms with van der Waals surface area (Å²) in [5.74, 6) is 0.799. The van der Waals surface area contributed by atoms with Crippen molar-refractivity contribution in [3.63, 3.8) is 0 Å². The first kappa shape index (κ1) is 11.4. The molecule has 0 bridgehead atoms. The van der Waals surface area contributed by atoms with E-state index in [0.717, 1.165) is 17.9 Å². The quantitative estimate of drug-likeness (QED) is 0.852. The third-order valence-corrected chi connectivity index (χ3v) is 3.81. The fourth-order valence-electron chi connectivity index (χ4n) is 1.36. The molecule has 0 spiro atoms. The Hall–Kier alpha value is -1.13. The topological polar surface area (TPSA) is 37.8 Å². The van der Waals surface area contributed by atoms with Crippen molar-refractivity contribution >= 4 is 28.8 Å². The Kier molecular flexibility index (Phi) is 3.41. The predicted octanol–water partition coefficient (Wildman–Crippen LogP) is 3.42. The van der Waals surface area contributed by atoms with E-state index in [4.69, 9.17) is 11.6 Å². The smallest absolute Gasteiger partial charge is 0.137 e. The molecule has 1 N–H and O–H groups in total. The summed E-state index contributed by atoms with van der Waals surface area (Å²) in [5.41, 5.74) is 2.19. The van der Waals surface area contributed by atoms with E-state index >= 15 is 0 Å². The van der Waals surface area contributed by atoms with Gasteiger partial charge in [-0.1, -0.05) is 11.6 Å². The van der Waals surface area contributed by atoms with Gasteiger partial charge in [0.2, 0.25) is 0 Å². The van der Waals surface area contributed by atoms with E-state index in [1.165, 1.54) is 16.8 Å². The second-order valence-corrected chi connectivity index (χ2v) is 4.88. The Labute approximate surface area is 104 Å². The van der Waals surface area contributed by atoms with Gasteiger partial charge in [-0.25, -0.2) is 9.97 Å². The van der Waals surface area contributed by atoms with Gasteiger partial charge in [-0.05, 0) is 30.9 Å². The molecule has 0 saturated carbocycles. The molecule has 3 nitrogen and oxygen atoms in total. The molecule has 0 aliphatic heterocycles. The van der Waals surface area contributed by atoms with Crippen molar-refractivity contribution in [2.45, 2.75) is 20.4 Å². The van der Waals surface area contributed by atoms with E-state index < -0.39 is 0 Å². The number of hydrogen-bond acceptors (Lipinski definition) is 4. The molecule has 2 rings (SSSR count). The van der Waals surface area contributed by atoms with Crippen LogP contribution in [0.25, 0.3) is 0 Å². The first-order valence-corrected chi connectivity index (χ1v) is 6.18. The van der Waals surface area contributed by atoms with Crippen molar-refractivity contribution in [2.24, 2.45) is 0 Å². The van der Waals surface area contributed by atoms with Crippen molar-refractivity contribution in [3.8, 4) is 0 Å². The van der Waals surface area contributed by atoms with Crippen LogP contribution in [0.5, 0.6) is 0 Å². The molecule has 0 saturated heterocycles. The monoisotopic (exact) mass is 253 g/mol. The van der Waals surface area contributed by atoms with Gasteiger partial charge in [0.05, 0.1) is 6.54 Å². The lowest BCUT2D eigenvalue weighted by molar-refractivity contribution is 1.07. The Balaban J connectivity index is 2.11. The van der Waals surface area contributed by atoms with Crippen LogP contribution in [0.15, 0.2) is 17.8 Å². The van der Waals surface area contributed by atoms with Crippen molar-refractivity contribution in [2.75, 3.05) is 5.32 Å². The maximum atomic E-state index is 5.92. The lowest BCUT2D eigenvalue weighted by Gasteiger charge is -2.08. The molecular weight excluding hydrogens is 242 g/mol. The Morgan fingerprint density at radius 2 is 2.19 bits per heavy atom. The molecule has 2 aromatic heterocycles. The van der Waals surface area contributed by atoms with Gasteiger partial charge >= 0.3 is 0 Å². The highest BCUT2D eigenvalue weighted by atomic mass is 35.5. The number of aromatic nitrogens is 2. The molecule has 0 unspecified atom stereocenters. The lowest BCUT2D eigenvalue weighted by Crippen LogP contribution is -2.03. The third kappa shape index (κ3) is 2.33. The van der Waals surface area contributed by atoms with Crippen molar-refractivity contribution < 1.29 is 0 Å². The van der Waals surface area contributed by atoms with Gasteiger partial charge in [0.25, 0.3) is 0 Å². The lowest BCUT2D eigenvalue weighted by atomic mass is 10.3. The minimum atomic E-state index is 0.500. The molecule has 0 aromatic carbocycles. The van der Waals surface area contributed by atoms with Gasteiger partial charge in [0.15, 0.2) is 0 Å². The largest absolute Gasteiger partial charge is 0.365 e. The first-order chi connectivity index (χ1) is 7.68. The molecule has 0 radical (unpaired) electrons. The number of halogens is 1. The van der Waals surface area contributed by atoms with Crippen LogP contribution in [0.1, 0.15) is 16.0 Å². The highest BCUT2D eigenvalue weighted by Gasteiger charge is 2.05. The maximum absolute atomic E-state index is 5.92. The van der Waals surface area contributed by atoms with Crippen LogP contribution in [0.4, 0.5) is 5.82 Å². The molecule has 0 aliphatic rings. The summed E-state index contributed by atoms with van der Waals surface area (Å²) in [6.07, 6.45) is 1.47. The number of rotatable bonds is 3. The minimum absolute atomic E-state index is 0.500. The highest BCUT2D eigenvalue weighted by molar-refractivity contribution is 7.10.